The van der Waals surface area contributed by atoms with Gasteiger partial charge in [-0.15, -0.1) is 0 Å². The van der Waals surface area contributed by atoms with Crippen LogP contribution in [0.3, 0.4) is 0 Å². The fourth-order valence-corrected chi connectivity index (χ4v) is 1.01. The van der Waals surface area contributed by atoms with Gasteiger partial charge in [0.2, 0.25) is 0 Å². The van der Waals surface area contributed by atoms with Gasteiger partial charge in [0, 0.05) is 12.1 Å². The van der Waals surface area contributed by atoms with E-state index in [4.69, 9.17) is 5.41 Å². The summed E-state index contributed by atoms with van der Waals surface area (Å²) in [5.74, 6) is 0. The molecule has 0 amide bonds. The molecule has 0 heterocycles. The van der Waals surface area contributed by atoms with E-state index in [1.807, 2.05) is 6.92 Å². The molecule has 0 saturated heterocycles. The zero-order valence-electron chi connectivity index (χ0n) is 7.02. The van der Waals surface area contributed by atoms with Crippen LogP contribution < -0.4 is 0 Å². The van der Waals surface area contributed by atoms with Gasteiger partial charge in [0.25, 0.3) is 0 Å². The number of hydrogen-bond donors (Lipinski definition) is 1. The van der Waals surface area contributed by atoms with E-state index >= 15 is 0 Å². The highest BCUT2D eigenvalue weighted by molar-refractivity contribution is 5.80. The van der Waals surface area contributed by atoms with Crippen molar-refractivity contribution in [1.82, 2.24) is 0 Å². The Labute approximate surface area is 67.6 Å². The van der Waals surface area contributed by atoms with Gasteiger partial charge in [-0.2, -0.15) is 0 Å². The maximum Gasteiger partial charge on any atom is 0.0102 e. The van der Waals surface area contributed by atoms with Crippen molar-refractivity contribution in [2.24, 2.45) is 0 Å². The third kappa shape index (κ3) is 2.54. The van der Waals surface area contributed by atoms with Crippen molar-refractivity contribution >= 4 is 5.71 Å². The lowest BCUT2D eigenvalue weighted by Crippen LogP contribution is -1.94. The first-order valence-corrected chi connectivity index (χ1v) is 3.78. The van der Waals surface area contributed by atoms with E-state index in [1.54, 1.807) is 0 Å². The Hall–Kier alpha value is -1.11. The molecule has 1 N–H and O–H groups in total. The summed E-state index contributed by atoms with van der Waals surface area (Å²) in [4.78, 5) is 0. The van der Waals surface area contributed by atoms with Crippen LogP contribution in [0, 0.1) is 12.3 Å². The van der Waals surface area contributed by atoms with E-state index in [9.17, 15) is 0 Å². The molecule has 0 aliphatic rings. The fraction of sp³-hybridized carbons (Fsp3) is 0.300. The minimum Gasteiger partial charge on any atom is -0.310 e. The molecule has 0 fully saturated rings. The minimum absolute atomic E-state index is 0.717. The Balaban J connectivity index is 2.74. The third-order valence-corrected chi connectivity index (χ3v) is 1.59. The van der Waals surface area contributed by atoms with Gasteiger partial charge in [-0.05, 0) is 19.4 Å². The summed E-state index contributed by atoms with van der Waals surface area (Å²) in [6.45, 7) is 3.90. The summed E-state index contributed by atoms with van der Waals surface area (Å²) in [5, 5.41) is 7.29. The Bertz CT molecular complexity index is 246. The predicted molar refractivity (Wildman–Crippen MR) is 48.3 cm³/mol. The standard InChI is InChI=1S/C10H13N/c1-8-3-5-10(6-4-8)7-9(2)11/h3-6,11H,7H2,1-2H3. The maximum atomic E-state index is 7.29. The first-order valence-electron chi connectivity index (χ1n) is 3.78. The van der Waals surface area contributed by atoms with Crippen molar-refractivity contribution in [2.75, 3.05) is 0 Å². The summed E-state index contributed by atoms with van der Waals surface area (Å²) >= 11 is 0. The second-order valence-electron chi connectivity index (χ2n) is 2.94. The van der Waals surface area contributed by atoms with Gasteiger partial charge in [0.15, 0.2) is 0 Å². The molecular weight excluding hydrogens is 134 g/mol. The summed E-state index contributed by atoms with van der Waals surface area (Å²) in [7, 11) is 0. The molecule has 0 saturated carbocycles. The monoisotopic (exact) mass is 147 g/mol. The Kier molecular flexibility index (Phi) is 2.42. The molecule has 0 spiro atoms. The molecule has 0 radical (unpaired) electrons. The van der Waals surface area contributed by atoms with Crippen molar-refractivity contribution in [1.29, 1.82) is 5.41 Å². The molecule has 0 aliphatic heterocycles. The van der Waals surface area contributed by atoms with Crippen LogP contribution in [0.1, 0.15) is 18.1 Å². The quantitative estimate of drug-likeness (QED) is 0.622. The molecule has 1 aromatic rings. The predicted octanol–water partition coefficient (Wildman–Crippen LogP) is 2.58. The second-order valence-corrected chi connectivity index (χ2v) is 2.94. The SMILES string of the molecule is CC(=N)Cc1ccc(C)cc1. The van der Waals surface area contributed by atoms with Gasteiger partial charge in [-0.3, -0.25) is 0 Å². The maximum absolute atomic E-state index is 7.29. The highest BCUT2D eigenvalue weighted by atomic mass is 14.4. The lowest BCUT2D eigenvalue weighted by atomic mass is 10.1. The average molecular weight is 147 g/mol. The van der Waals surface area contributed by atoms with E-state index < -0.39 is 0 Å². The van der Waals surface area contributed by atoms with Gasteiger partial charge >= 0.3 is 0 Å². The van der Waals surface area contributed by atoms with Crippen LogP contribution in [0.25, 0.3) is 0 Å². The van der Waals surface area contributed by atoms with Crippen molar-refractivity contribution < 1.29 is 0 Å². The zero-order valence-corrected chi connectivity index (χ0v) is 7.02. The Morgan fingerprint density at radius 1 is 1.27 bits per heavy atom. The fourth-order valence-electron chi connectivity index (χ4n) is 1.01. The van der Waals surface area contributed by atoms with Crippen LogP contribution in [0.15, 0.2) is 24.3 Å². The van der Waals surface area contributed by atoms with Crippen molar-refractivity contribution in [3.63, 3.8) is 0 Å². The molecule has 11 heavy (non-hydrogen) atoms. The van der Waals surface area contributed by atoms with Crippen LogP contribution >= 0.6 is 0 Å². The molecule has 0 bridgehead atoms. The van der Waals surface area contributed by atoms with Crippen molar-refractivity contribution in [2.45, 2.75) is 20.3 Å². The summed E-state index contributed by atoms with van der Waals surface area (Å²) in [6.07, 6.45) is 0.778. The van der Waals surface area contributed by atoms with E-state index in [-0.39, 0.29) is 0 Å². The lowest BCUT2D eigenvalue weighted by Gasteiger charge is -1.98. The zero-order chi connectivity index (χ0) is 8.27. The van der Waals surface area contributed by atoms with Crippen molar-refractivity contribution in [3.05, 3.63) is 35.4 Å². The Morgan fingerprint density at radius 3 is 2.27 bits per heavy atom. The van der Waals surface area contributed by atoms with E-state index in [0.717, 1.165) is 6.42 Å². The van der Waals surface area contributed by atoms with Crippen LogP contribution in [0.5, 0.6) is 0 Å². The minimum atomic E-state index is 0.717. The normalized spacial score (nSPS) is 9.64. The highest BCUT2D eigenvalue weighted by Gasteiger charge is 1.92. The van der Waals surface area contributed by atoms with Crippen LogP contribution in [0.4, 0.5) is 0 Å². The van der Waals surface area contributed by atoms with Gasteiger partial charge in [-0.1, -0.05) is 29.8 Å². The van der Waals surface area contributed by atoms with Crippen LogP contribution in [-0.4, -0.2) is 5.71 Å². The van der Waals surface area contributed by atoms with Crippen molar-refractivity contribution in [3.8, 4) is 0 Å². The number of benzene rings is 1. The second kappa shape index (κ2) is 3.33. The van der Waals surface area contributed by atoms with Gasteiger partial charge < -0.3 is 5.41 Å². The van der Waals surface area contributed by atoms with E-state index in [1.165, 1.54) is 11.1 Å². The first kappa shape index (κ1) is 7.99. The van der Waals surface area contributed by atoms with E-state index in [0.29, 0.717) is 5.71 Å². The number of aryl methyl sites for hydroxylation is 1. The molecular formula is C10H13N. The van der Waals surface area contributed by atoms with Crippen LogP contribution in [-0.2, 0) is 6.42 Å². The largest absolute Gasteiger partial charge is 0.310 e. The van der Waals surface area contributed by atoms with Crippen LogP contribution in [0.2, 0.25) is 0 Å². The third-order valence-electron chi connectivity index (χ3n) is 1.59. The topological polar surface area (TPSA) is 23.9 Å². The van der Waals surface area contributed by atoms with Gasteiger partial charge in [-0.25, -0.2) is 0 Å². The first-order chi connectivity index (χ1) is 5.18. The average Bonchev–Trinajstić information content (AvgIpc) is 1.93. The molecule has 58 valence electrons. The summed E-state index contributed by atoms with van der Waals surface area (Å²) in [5.41, 5.74) is 3.22. The molecule has 1 nitrogen and oxygen atoms in total. The molecule has 1 rings (SSSR count). The highest BCUT2D eigenvalue weighted by Crippen LogP contribution is 2.03. The summed E-state index contributed by atoms with van der Waals surface area (Å²) in [6, 6.07) is 8.32. The molecule has 0 unspecified atom stereocenters. The number of rotatable bonds is 2. The molecule has 1 aromatic carbocycles. The molecule has 0 aromatic heterocycles. The molecule has 0 atom stereocenters. The number of nitrogens with one attached hydrogen (secondary N) is 1. The summed E-state index contributed by atoms with van der Waals surface area (Å²) < 4.78 is 0. The lowest BCUT2D eigenvalue weighted by molar-refractivity contribution is 1.25. The Morgan fingerprint density at radius 2 is 1.82 bits per heavy atom. The molecule has 0 aliphatic carbocycles. The van der Waals surface area contributed by atoms with E-state index in [2.05, 4.69) is 31.2 Å². The molecule has 1 heteroatoms. The van der Waals surface area contributed by atoms with Gasteiger partial charge in [0.1, 0.15) is 0 Å². The number of hydrogen-bond acceptors (Lipinski definition) is 1. The smallest absolute Gasteiger partial charge is 0.0102 e. The van der Waals surface area contributed by atoms with Gasteiger partial charge in [0.05, 0.1) is 0 Å².